The number of hydrogen-bond donors (Lipinski definition) is 2. The zero-order valence-electron chi connectivity index (χ0n) is 10.1. The van der Waals surface area contributed by atoms with Crippen LogP contribution < -0.4 is 11.4 Å². The average molecular weight is 230 g/mol. The van der Waals surface area contributed by atoms with Crippen LogP contribution in [0.2, 0.25) is 0 Å². The van der Waals surface area contributed by atoms with E-state index in [9.17, 15) is 4.79 Å². The van der Waals surface area contributed by atoms with E-state index in [4.69, 9.17) is 5.84 Å². The number of nitrogens with one attached hydrogen (secondary N) is 1. The molecular weight excluding hydrogens is 208 g/mol. The van der Waals surface area contributed by atoms with E-state index in [0.717, 1.165) is 6.54 Å². The maximum atomic E-state index is 11.1. The Bertz CT molecular complexity index is 225. The maximum absolute atomic E-state index is 11.1. The number of hydrazine groups is 1. The minimum absolute atomic E-state index is 0.321. The summed E-state index contributed by atoms with van der Waals surface area (Å²) in [5.41, 5.74) is 1.90. The Morgan fingerprint density at radius 3 is 3.06 bits per heavy atom. The molecule has 0 aromatic carbocycles. The van der Waals surface area contributed by atoms with Gasteiger partial charge in [0.1, 0.15) is 0 Å². The van der Waals surface area contributed by atoms with Crippen LogP contribution in [0.5, 0.6) is 0 Å². The smallest absolute Gasteiger partial charge is 0.327 e. The second-order valence-corrected chi connectivity index (χ2v) is 4.38. The normalized spacial score (nSPS) is 22.4. The first kappa shape index (κ1) is 13.4. The van der Waals surface area contributed by atoms with E-state index < -0.39 is 0 Å². The first-order valence-corrected chi connectivity index (χ1v) is 5.67. The van der Waals surface area contributed by atoms with Gasteiger partial charge in [0.15, 0.2) is 0 Å². The van der Waals surface area contributed by atoms with Gasteiger partial charge in [-0.3, -0.25) is 4.79 Å². The van der Waals surface area contributed by atoms with E-state index in [1.807, 2.05) is 12.6 Å². The van der Waals surface area contributed by atoms with E-state index in [0.29, 0.717) is 19.0 Å². The lowest BCUT2D eigenvalue weighted by molar-refractivity contribution is -0.151. The largest absolute Gasteiger partial charge is 0.356 e. The van der Waals surface area contributed by atoms with Crippen LogP contribution in [0.1, 0.15) is 19.3 Å². The van der Waals surface area contributed by atoms with Crippen LogP contribution in [0.25, 0.3) is 0 Å². The second-order valence-electron chi connectivity index (χ2n) is 4.38. The van der Waals surface area contributed by atoms with Crippen LogP contribution in [-0.2, 0) is 9.63 Å². The zero-order chi connectivity index (χ0) is 12.0. The maximum Gasteiger partial charge on any atom is 0.327 e. The second kappa shape index (κ2) is 6.80. The molecule has 6 heteroatoms. The van der Waals surface area contributed by atoms with E-state index in [1.54, 1.807) is 0 Å². The number of rotatable bonds is 5. The van der Waals surface area contributed by atoms with Gasteiger partial charge in [0.25, 0.3) is 0 Å². The molecule has 1 aliphatic rings. The molecule has 94 valence electrons. The highest BCUT2D eigenvalue weighted by atomic mass is 16.7. The summed E-state index contributed by atoms with van der Waals surface area (Å²) in [6.07, 6.45) is 2.78. The van der Waals surface area contributed by atoms with Gasteiger partial charge in [-0.2, -0.15) is 0 Å². The Balaban J connectivity index is 2.23. The molecule has 0 saturated carbocycles. The average Bonchev–Trinajstić information content (AvgIpc) is 2.26. The molecule has 0 radical (unpaired) electrons. The molecule has 6 nitrogen and oxygen atoms in total. The number of carbonyl (C=O) groups is 1. The van der Waals surface area contributed by atoms with Crippen LogP contribution in [0.15, 0.2) is 0 Å². The van der Waals surface area contributed by atoms with Crippen molar-refractivity contribution in [2.45, 2.75) is 25.3 Å². The monoisotopic (exact) mass is 230 g/mol. The predicted octanol–water partition coefficient (Wildman–Crippen LogP) is -0.676. The third-order valence-electron chi connectivity index (χ3n) is 3.06. The molecule has 3 N–H and O–H groups in total. The van der Waals surface area contributed by atoms with Crippen molar-refractivity contribution in [3.05, 3.63) is 0 Å². The van der Waals surface area contributed by atoms with Gasteiger partial charge in [0, 0.05) is 19.1 Å². The molecule has 0 spiro atoms. The highest BCUT2D eigenvalue weighted by molar-refractivity contribution is 5.69. The first-order chi connectivity index (χ1) is 7.63. The van der Waals surface area contributed by atoms with E-state index in [1.165, 1.54) is 19.4 Å². The van der Waals surface area contributed by atoms with Crippen molar-refractivity contribution in [2.75, 3.05) is 33.7 Å². The molecule has 1 unspecified atom stereocenters. The molecule has 1 atom stereocenters. The lowest BCUT2D eigenvalue weighted by Crippen LogP contribution is -2.45. The highest BCUT2D eigenvalue weighted by Gasteiger charge is 2.21. The van der Waals surface area contributed by atoms with E-state index >= 15 is 0 Å². The van der Waals surface area contributed by atoms with Gasteiger partial charge >= 0.3 is 5.97 Å². The molecule has 1 aliphatic heterocycles. The summed E-state index contributed by atoms with van der Waals surface area (Å²) < 4.78 is 0. The highest BCUT2D eigenvalue weighted by Crippen LogP contribution is 2.13. The van der Waals surface area contributed by atoms with Gasteiger partial charge in [-0.25, -0.2) is 5.84 Å². The molecule has 1 rings (SSSR count). The van der Waals surface area contributed by atoms with Crippen molar-refractivity contribution in [1.82, 2.24) is 15.4 Å². The van der Waals surface area contributed by atoms with Gasteiger partial charge in [0.05, 0.1) is 6.42 Å². The Labute approximate surface area is 96.6 Å². The molecule has 1 saturated heterocycles. The Hall–Kier alpha value is -0.690. The fourth-order valence-electron chi connectivity index (χ4n) is 2.07. The molecule has 0 aromatic heterocycles. The van der Waals surface area contributed by atoms with Crippen molar-refractivity contribution < 1.29 is 9.63 Å². The molecule has 0 bridgehead atoms. The Kier molecular flexibility index (Phi) is 5.68. The van der Waals surface area contributed by atoms with Crippen LogP contribution in [0.4, 0.5) is 0 Å². The molecule has 0 amide bonds. The number of nitrogens with two attached hydrogens (primary N) is 1. The molecular formula is C10H22N4O2. The van der Waals surface area contributed by atoms with Gasteiger partial charge in [-0.15, -0.1) is 0 Å². The Morgan fingerprint density at radius 2 is 2.44 bits per heavy atom. The van der Waals surface area contributed by atoms with Crippen molar-refractivity contribution in [3.8, 4) is 0 Å². The summed E-state index contributed by atoms with van der Waals surface area (Å²) in [5, 5.41) is 0. The third kappa shape index (κ3) is 4.44. The van der Waals surface area contributed by atoms with Crippen LogP contribution in [0.3, 0.4) is 0 Å². The number of hydrogen-bond acceptors (Lipinski definition) is 6. The molecule has 16 heavy (non-hydrogen) atoms. The number of likely N-dealkylation sites (tertiary alicyclic amines) is 1. The summed E-state index contributed by atoms with van der Waals surface area (Å²) in [6.45, 7) is 2.95. The number of nitrogens with zero attached hydrogens (tertiary/aromatic N) is 2. The van der Waals surface area contributed by atoms with Crippen molar-refractivity contribution in [2.24, 2.45) is 5.84 Å². The SMILES string of the molecule is CN1CCCC(N(C)CCC(=O)ONN)C1. The standard InChI is InChI=1S/C10H22N4O2/c1-13-6-3-4-9(8-13)14(2)7-5-10(15)16-12-11/h9,12H,3-8,11H2,1-2H3. The van der Waals surface area contributed by atoms with E-state index in [-0.39, 0.29) is 5.97 Å². The van der Waals surface area contributed by atoms with Gasteiger partial charge < -0.3 is 14.6 Å². The lowest BCUT2D eigenvalue weighted by atomic mass is 10.1. The minimum atomic E-state index is -0.321. The summed E-state index contributed by atoms with van der Waals surface area (Å²) in [5.74, 6) is 4.56. The topological polar surface area (TPSA) is 70.8 Å². The molecule has 1 fully saturated rings. The lowest BCUT2D eigenvalue weighted by Gasteiger charge is -2.35. The fourth-order valence-corrected chi connectivity index (χ4v) is 2.07. The summed E-state index contributed by atoms with van der Waals surface area (Å²) in [6, 6.07) is 0.539. The van der Waals surface area contributed by atoms with Gasteiger partial charge in [0.2, 0.25) is 0 Å². The quantitative estimate of drug-likeness (QED) is 0.482. The Morgan fingerprint density at radius 1 is 1.69 bits per heavy atom. The summed E-state index contributed by atoms with van der Waals surface area (Å²) in [7, 11) is 4.18. The van der Waals surface area contributed by atoms with Gasteiger partial charge in [-0.1, -0.05) is 5.59 Å². The van der Waals surface area contributed by atoms with Gasteiger partial charge in [-0.05, 0) is 33.5 Å². The summed E-state index contributed by atoms with van der Waals surface area (Å²) >= 11 is 0. The minimum Gasteiger partial charge on any atom is -0.356 e. The molecule has 1 heterocycles. The van der Waals surface area contributed by atoms with Crippen LogP contribution >= 0.6 is 0 Å². The number of likely N-dealkylation sites (N-methyl/N-ethyl adjacent to an activating group) is 2. The molecule has 0 aromatic rings. The fraction of sp³-hybridized carbons (Fsp3) is 0.900. The number of piperidine rings is 1. The third-order valence-corrected chi connectivity index (χ3v) is 3.06. The number of carbonyl (C=O) groups excluding carboxylic acids is 1. The zero-order valence-corrected chi connectivity index (χ0v) is 10.1. The van der Waals surface area contributed by atoms with Crippen molar-refractivity contribution in [1.29, 1.82) is 0 Å². The molecule has 0 aliphatic carbocycles. The van der Waals surface area contributed by atoms with Crippen molar-refractivity contribution >= 4 is 5.97 Å². The summed E-state index contributed by atoms with van der Waals surface area (Å²) in [4.78, 5) is 20.1. The predicted molar refractivity (Wildman–Crippen MR) is 61.2 cm³/mol. The van der Waals surface area contributed by atoms with Crippen LogP contribution in [0, 0.1) is 0 Å². The van der Waals surface area contributed by atoms with Crippen molar-refractivity contribution in [3.63, 3.8) is 0 Å². The first-order valence-electron chi connectivity index (χ1n) is 5.67. The van der Waals surface area contributed by atoms with Crippen LogP contribution in [-0.4, -0.2) is 55.5 Å². The van der Waals surface area contributed by atoms with E-state index in [2.05, 4.69) is 21.7 Å².